The molecule has 0 atom stereocenters. The lowest BCUT2D eigenvalue weighted by Gasteiger charge is -2.06. The summed E-state index contributed by atoms with van der Waals surface area (Å²) < 4.78 is 48.5. The molecule has 1 N–H and O–H groups in total. The summed E-state index contributed by atoms with van der Waals surface area (Å²) in [7, 11) is 0. The molecule has 1 aromatic rings. The van der Waals surface area contributed by atoms with Crippen molar-refractivity contribution in [3.63, 3.8) is 0 Å². The maximum atomic E-state index is 13.0. The van der Waals surface area contributed by atoms with Crippen molar-refractivity contribution < 1.29 is 27.5 Å². The third-order valence-electron chi connectivity index (χ3n) is 1.40. The van der Waals surface area contributed by atoms with Gasteiger partial charge in [0.2, 0.25) is 0 Å². The van der Waals surface area contributed by atoms with Gasteiger partial charge in [0.05, 0.1) is 10.5 Å². The molecular weight excluding hydrogens is 236 g/mol. The van der Waals surface area contributed by atoms with Crippen molar-refractivity contribution in [1.29, 1.82) is 0 Å². The molecule has 0 saturated heterocycles. The van der Waals surface area contributed by atoms with E-state index < -0.39 is 34.0 Å². The highest BCUT2D eigenvalue weighted by Crippen LogP contribution is 2.38. The van der Waals surface area contributed by atoms with Crippen LogP contribution in [0.1, 0.15) is 10.4 Å². The molecule has 0 spiro atoms. The minimum Gasteiger partial charge on any atom is -0.478 e. The van der Waals surface area contributed by atoms with Crippen molar-refractivity contribution in [3.05, 3.63) is 29.6 Å². The molecule has 7 heteroatoms. The van der Waals surface area contributed by atoms with Gasteiger partial charge < -0.3 is 5.11 Å². The van der Waals surface area contributed by atoms with Crippen LogP contribution in [0.15, 0.2) is 23.1 Å². The molecule has 0 aliphatic carbocycles. The molecule has 2 nitrogen and oxygen atoms in total. The van der Waals surface area contributed by atoms with Gasteiger partial charge >= 0.3 is 11.5 Å². The van der Waals surface area contributed by atoms with Crippen LogP contribution in [0.2, 0.25) is 0 Å². The summed E-state index contributed by atoms with van der Waals surface area (Å²) in [6.45, 7) is 0. The first-order valence-corrected chi connectivity index (χ1v) is 4.40. The van der Waals surface area contributed by atoms with E-state index in [9.17, 15) is 22.4 Å². The highest BCUT2D eigenvalue weighted by Gasteiger charge is 2.30. The molecule has 0 saturated carbocycles. The molecule has 0 aliphatic heterocycles. The molecule has 0 aliphatic rings. The van der Waals surface area contributed by atoms with Gasteiger partial charge in [-0.25, -0.2) is 9.18 Å². The summed E-state index contributed by atoms with van der Waals surface area (Å²) in [5.74, 6) is -2.59. The molecule has 0 heterocycles. The number of halogens is 4. The van der Waals surface area contributed by atoms with Crippen molar-refractivity contribution in [2.45, 2.75) is 10.4 Å². The second-order valence-corrected chi connectivity index (χ2v) is 3.61. The van der Waals surface area contributed by atoms with Gasteiger partial charge in [-0.1, -0.05) is 0 Å². The average molecular weight is 240 g/mol. The highest BCUT2D eigenvalue weighted by atomic mass is 32.2. The van der Waals surface area contributed by atoms with E-state index in [1.54, 1.807) is 0 Å². The molecule has 15 heavy (non-hydrogen) atoms. The Hall–Kier alpha value is -1.24. The SMILES string of the molecule is O=C(O)c1ccc(SC(F)(F)F)c(F)c1. The predicted molar refractivity (Wildman–Crippen MR) is 45.3 cm³/mol. The quantitative estimate of drug-likeness (QED) is 0.637. The van der Waals surface area contributed by atoms with E-state index in [1.165, 1.54) is 0 Å². The Morgan fingerprint density at radius 1 is 1.33 bits per heavy atom. The second-order valence-electron chi connectivity index (χ2n) is 2.50. The van der Waals surface area contributed by atoms with E-state index >= 15 is 0 Å². The Balaban J connectivity index is 2.99. The Morgan fingerprint density at radius 3 is 2.33 bits per heavy atom. The minimum atomic E-state index is -4.59. The van der Waals surface area contributed by atoms with Gasteiger partial charge in [0.25, 0.3) is 0 Å². The molecule has 0 aromatic heterocycles. The van der Waals surface area contributed by atoms with Gasteiger partial charge in [-0.05, 0) is 30.0 Å². The summed E-state index contributed by atoms with van der Waals surface area (Å²) in [6.07, 6.45) is 0. The second kappa shape index (κ2) is 4.09. The summed E-state index contributed by atoms with van der Waals surface area (Å²) in [5, 5.41) is 8.44. The Morgan fingerprint density at radius 2 is 1.93 bits per heavy atom. The van der Waals surface area contributed by atoms with Crippen LogP contribution in [-0.2, 0) is 0 Å². The largest absolute Gasteiger partial charge is 0.478 e. The van der Waals surface area contributed by atoms with Crippen LogP contribution in [-0.4, -0.2) is 16.6 Å². The lowest BCUT2D eigenvalue weighted by atomic mass is 10.2. The van der Waals surface area contributed by atoms with Crippen LogP contribution in [0, 0.1) is 5.82 Å². The van der Waals surface area contributed by atoms with E-state index in [0.29, 0.717) is 6.07 Å². The van der Waals surface area contributed by atoms with E-state index in [2.05, 4.69) is 0 Å². The number of benzene rings is 1. The van der Waals surface area contributed by atoms with Crippen molar-refractivity contribution in [1.82, 2.24) is 0 Å². The molecular formula is C8H4F4O2S. The van der Waals surface area contributed by atoms with Crippen LogP contribution in [0.4, 0.5) is 17.6 Å². The highest BCUT2D eigenvalue weighted by molar-refractivity contribution is 8.00. The summed E-state index contributed by atoms with van der Waals surface area (Å²) in [4.78, 5) is 9.71. The van der Waals surface area contributed by atoms with Crippen LogP contribution in [0.5, 0.6) is 0 Å². The number of rotatable bonds is 2. The zero-order chi connectivity index (χ0) is 11.6. The number of carbonyl (C=O) groups is 1. The predicted octanol–water partition coefficient (Wildman–Crippen LogP) is 3.14. The summed E-state index contributed by atoms with van der Waals surface area (Å²) >= 11 is -0.620. The van der Waals surface area contributed by atoms with E-state index in [4.69, 9.17) is 5.11 Å². The molecule has 0 radical (unpaired) electrons. The van der Waals surface area contributed by atoms with Crippen LogP contribution >= 0.6 is 11.8 Å². The fraction of sp³-hybridized carbons (Fsp3) is 0.125. The number of carboxylic acid groups (broad SMARTS) is 1. The van der Waals surface area contributed by atoms with Crippen LogP contribution < -0.4 is 0 Å². The van der Waals surface area contributed by atoms with Crippen LogP contribution in [0.25, 0.3) is 0 Å². The zero-order valence-corrected chi connectivity index (χ0v) is 7.82. The van der Waals surface area contributed by atoms with Crippen molar-refractivity contribution >= 4 is 17.7 Å². The van der Waals surface area contributed by atoms with Gasteiger partial charge in [-0.15, -0.1) is 0 Å². The normalized spacial score (nSPS) is 11.5. The molecule has 0 unspecified atom stereocenters. The fourth-order valence-electron chi connectivity index (χ4n) is 0.841. The Bertz CT molecular complexity index is 389. The molecule has 1 aromatic carbocycles. The first kappa shape index (κ1) is 11.8. The molecule has 0 bridgehead atoms. The fourth-order valence-corrected chi connectivity index (χ4v) is 1.38. The number of carboxylic acids is 1. The molecule has 82 valence electrons. The lowest BCUT2D eigenvalue weighted by molar-refractivity contribution is -0.0329. The minimum absolute atomic E-state index is 0.390. The third-order valence-corrected chi connectivity index (χ3v) is 2.19. The molecule has 1 rings (SSSR count). The monoisotopic (exact) mass is 240 g/mol. The molecule has 0 amide bonds. The van der Waals surface area contributed by atoms with Crippen molar-refractivity contribution in [2.24, 2.45) is 0 Å². The van der Waals surface area contributed by atoms with E-state index in [0.717, 1.165) is 12.1 Å². The maximum Gasteiger partial charge on any atom is 0.446 e. The Labute approximate surface area is 85.9 Å². The standard InChI is InChI=1S/C8H4F4O2S/c9-5-3-4(7(13)14)1-2-6(5)15-8(10,11)12/h1-3H,(H,13,14). The van der Waals surface area contributed by atoms with Crippen molar-refractivity contribution in [2.75, 3.05) is 0 Å². The maximum absolute atomic E-state index is 13.0. The Kier molecular flexibility index (Phi) is 3.23. The molecule has 0 fully saturated rings. The number of thioether (sulfide) groups is 1. The topological polar surface area (TPSA) is 37.3 Å². The number of hydrogen-bond donors (Lipinski definition) is 1. The summed E-state index contributed by atoms with van der Waals surface area (Å²) in [5.41, 5.74) is -4.98. The van der Waals surface area contributed by atoms with Gasteiger partial charge in [-0.2, -0.15) is 13.2 Å². The first-order chi connectivity index (χ1) is 6.79. The van der Waals surface area contributed by atoms with Gasteiger partial charge in [0.1, 0.15) is 5.82 Å². The summed E-state index contributed by atoms with van der Waals surface area (Å²) in [6, 6.07) is 2.26. The zero-order valence-electron chi connectivity index (χ0n) is 7.01. The lowest BCUT2D eigenvalue weighted by Crippen LogP contribution is -2.02. The first-order valence-electron chi connectivity index (χ1n) is 3.58. The average Bonchev–Trinajstić information content (AvgIpc) is 2.05. The van der Waals surface area contributed by atoms with Gasteiger partial charge in [-0.3, -0.25) is 0 Å². The number of aromatic carboxylic acids is 1. The number of alkyl halides is 3. The third kappa shape index (κ3) is 3.43. The van der Waals surface area contributed by atoms with Gasteiger partial charge in [0, 0.05) is 0 Å². The van der Waals surface area contributed by atoms with E-state index in [-0.39, 0.29) is 5.56 Å². The van der Waals surface area contributed by atoms with Gasteiger partial charge in [0.15, 0.2) is 0 Å². The van der Waals surface area contributed by atoms with E-state index in [1.807, 2.05) is 0 Å². The number of hydrogen-bond acceptors (Lipinski definition) is 2. The van der Waals surface area contributed by atoms with Crippen molar-refractivity contribution in [3.8, 4) is 0 Å². The van der Waals surface area contributed by atoms with Crippen LogP contribution in [0.3, 0.4) is 0 Å². The smallest absolute Gasteiger partial charge is 0.446 e.